The van der Waals surface area contributed by atoms with E-state index in [1.807, 2.05) is 18.2 Å². The number of benzene rings is 1. The molecular formula is C15H19NO. The molecule has 0 saturated heterocycles. The number of aromatic nitrogens is 1. The van der Waals surface area contributed by atoms with Gasteiger partial charge in [0.2, 0.25) is 0 Å². The lowest BCUT2D eigenvalue weighted by Gasteiger charge is -1.96. The van der Waals surface area contributed by atoms with Crippen LogP contribution in [-0.4, -0.2) is 11.3 Å². The van der Waals surface area contributed by atoms with E-state index in [9.17, 15) is 4.79 Å². The highest BCUT2D eigenvalue weighted by Crippen LogP contribution is 2.18. The number of carbonyl (C=O) groups excluding carboxylic acids is 1. The molecule has 0 amide bonds. The summed E-state index contributed by atoms with van der Waals surface area (Å²) in [6.45, 7) is 2.23. The van der Waals surface area contributed by atoms with Crippen LogP contribution in [0.1, 0.15) is 48.7 Å². The van der Waals surface area contributed by atoms with Crippen molar-refractivity contribution in [2.24, 2.45) is 0 Å². The average Bonchev–Trinajstić information content (AvgIpc) is 2.76. The van der Waals surface area contributed by atoms with Crippen LogP contribution in [0.5, 0.6) is 0 Å². The van der Waals surface area contributed by atoms with Gasteiger partial charge in [-0.25, -0.2) is 0 Å². The zero-order chi connectivity index (χ0) is 12.1. The Bertz CT molecular complexity index is 499. The first-order valence-corrected chi connectivity index (χ1v) is 6.40. The molecule has 0 atom stereocenters. The van der Waals surface area contributed by atoms with E-state index >= 15 is 0 Å². The quantitative estimate of drug-likeness (QED) is 0.587. The molecule has 2 aromatic rings. The van der Waals surface area contributed by atoms with Crippen molar-refractivity contribution in [1.82, 2.24) is 4.98 Å². The monoisotopic (exact) mass is 229 g/mol. The second-order valence-corrected chi connectivity index (χ2v) is 4.57. The second-order valence-electron chi connectivity index (χ2n) is 4.57. The first-order chi connectivity index (χ1) is 8.33. The normalized spacial score (nSPS) is 10.9. The fraction of sp³-hybridized carbons (Fsp3) is 0.400. The Kier molecular flexibility index (Phi) is 3.97. The number of hydrogen-bond acceptors (Lipinski definition) is 1. The van der Waals surface area contributed by atoms with Gasteiger partial charge in [-0.05, 0) is 37.1 Å². The van der Waals surface area contributed by atoms with Gasteiger partial charge < -0.3 is 4.98 Å². The number of nitrogens with one attached hydrogen (secondary N) is 1. The van der Waals surface area contributed by atoms with Gasteiger partial charge in [0.05, 0.1) is 0 Å². The number of unbranched alkanes of at least 4 members (excludes halogenated alkanes) is 3. The van der Waals surface area contributed by atoms with Crippen molar-refractivity contribution in [1.29, 1.82) is 0 Å². The van der Waals surface area contributed by atoms with Crippen LogP contribution in [0.3, 0.4) is 0 Å². The molecule has 2 nitrogen and oxygen atoms in total. The van der Waals surface area contributed by atoms with Crippen LogP contribution < -0.4 is 0 Å². The molecular weight excluding hydrogens is 210 g/mol. The van der Waals surface area contributed by atoms with Crippen molar-refractivity contribution in [3.05, 3.63) is 35.5 Å². The van der Waals surface area contributed by atoms with Crippen molar-refractivity contribution in [2.45, 2.75) is 39.0 Å². The molecule has 1 heterocycles. The van der Waals surface area contributed by atoms with Crippen LogP contribution in [0.25, 0.3) is 10.9 Å². The summed E-state index contributed by atoms with van der Waals surface area (Å²) in [4.78, 5) is 14.1. The Morgan fingerprint density at radius 3 is 2.82 bits per heavy atom. The molecule has 0 aliphatic carbocycles. The molecule has 0 bridgehead atoms. The predicted molar refractivity (Wildman–Crippen MR) is 71.5 cm³/mol. The Morgan fingerprint density at radius 1 is 1.18 bits per heavy atom. The maximum atomic E-state index is 10.7. The van der Waals surface area contributed by atoms with Crippen LogP contribution in [0.2, 0.25) is 0 Å². The van der Waals surface area contributed by atoms with Gasteiger partial charge in [-0.1, -0.05) is 26.2 Å². The summed E-state index contributed by atoms with van der Waals surface area (Å²) in [5.41, 5.74) is 3.15. The Hall–Kier alpha value is -1.57. The molecule has 2 heteroatoms. The number of H-pyrrole nitrogens is 1. The summed E-state index contributed by atoms with van der Waals surface area (Å²) < 4.78 is 0. The third-order valence-electron chi connectivity index (χ3n) is 3.14. The standard InChI is InChI=1S/C15H19NO/c1-2-3-4-5-6-14-10-13-9-12(11-17)7-8-15(13)16-14/h7-11,16H,2-6H2,1H3. The molecule has 0 spiro atoms. The smallest absolute Gasteiger partial charge is 0.150 e. The zero-order valence-corrected chi connectivity index (χ0v) is 10.3. The molecule has 0 aliphatic rings. The third kappa shape index (κ3) is 2.96. The highest BCUT2D eigenvalue weighted by Gasteiger charge is 2.01. The summed E-state index contributed by atoms with van der Waals surface area (Å²) in [5.74, 6) is 0. The Labute approximate surface area is 102 Å². The first-order valence-electron chi connectivity index (χ1n) is 6.40. The topological polar surface area (TPSA) is 32.9 Å². The van der Waals surface area contributed by atoms with E-state index in [0.717, 1.165) is 29.2 Å². The third-order valence-corrected chi connectivity index (χ3v) is 3.14. The van der Waals surface area contributed by atoms with Crippen molar-refractivity contribution >= 4 is 17.2 Å². The van der Waals surface area contributed by atoms with E-state index in [1.54, 1.807) is 0 Å². The number of hydrogen-bond donors (Lipinski definition) is 1. The molecule has 1 N–H and O–H groups in total. The summed E-state index contributed by atoms with van der Waals surface area (Å²) in [6.07, 6.45) is 7.12. The predicted octanol–water partition coefficient (Wildman–Crippen LogP) is 4.10. The van der Waals surface area contributed by atoms with Crippen molar-refractivity contribution in [3.8, 4) is 0 Å². The van der Waals surface area contributed by atoms with Crippen LogP contribution in [0, 0.1) is 0 Å². The number of aldehydes is 1. The molecule has 1 aromatic heterocycles. The highest BCUT2D eigenvalue weighted by molar-refractivity contribution is 5.87. The van der Waals surface area contributed by atoms with Gasteiger partial charge in [0.15, 0.2) is 0 Å². The molecule has 0 saturated carbocycles. The lowest BCUT2D eigenvalue weighted by Crippen LogP contribution is -1.84. The van der Waals surface area contributed by atoms with E-state index in [4.69, 9.17) is 0 Å². The van der Waals surface area contributed by atoms with E-state index < -0.39 is 0 Å². The minimum absolute atomic E-state index is 0.744. The van der Waals surface area contributed by atoms with Crippen molar-refractivity contribution < 1.29 is 4.79 Å². The zero-order valence-electron chi connectivity index (χ0n) is 10.3. The minimum atomic E-state index is 0.744. The van der Waals surface area contributed by atoms with E-state index in [0.29, 0.717) is 0 Å². The fourth-order valence-corrected chi connectivity index (χ4v) is 2.16. The van der Waals surface area contributed by atoms with E-state index in [2.05, 4.69) is 18.0 Å². The summed E-state index contributed by atoms with van der Waals surface area (Å²) in [6, 6.07) is 7.93. The fourth-order valence-electron chi connectivity index (χ4n) is 2.16. The number of carbonyl (C=O) groups is 1. The SMILES string of the molecule is CCCCCCc1cc2cc(C=O)ccc2[nH]1. The maximum Gasteiger partial charge on any atom is 0.150 e. The van der Waals surface area contributed by atoms with Crippen LogP contribution in [-0.2, 0) is 6.42 Å². The Balaban J connectivity index is 2.06. The lowest BCUT2D eigenvalue weighted by molar-refractivity contribution is 0.112. The van der Waals surface area contributed by atoms with Gasteiger partial charge in [0.1, 0.15) is 6.29 Å². The minimum Gasteiger partial charge on any atom is -0.358 e. The molecule has 0 radical (unpaired) electrons. The lowest BCUT2D eigenvalue weighted by atomic mass is 10.1. The summed E-state index contributed by atoms with van der Waals surface area (Å²) >= 11 is 0. The molecule has 1 aromatic carbocycles. The average molecular weight is 229 g/mol. The molecule has 2 rings (SSSR count). The van der Waals surface area contributed by atoms with Crippen molar-refractivity contribution in [2.75, 3.05) is 0 Å². The van der Waals surface area contributed by atoms with Gasteiger partial charge in [-0.2, -0.15) is 0 Å². The second kappa shape index (κ2) is 5.67. The maximum absolute atomic E-state index is 10.7. The van der Waals surface area contributed by atoms with Gasteiger partial charge in [-0.15, -0.1) is 0 Å². The summed E-state index contributed by atoms with van der Waals surface area (Å²) in [5, 5.41) is 1.14. The van der Waals surface area contributed by atoms with Gasteiger partial charge in [-0.3, -0.25) is 4.79 Å². The number of aromatic amines is 1. The number of aryl methyl sites for hydroxylation is 1. The van der Waals surface area contributed by atoms with E-state index in [-0.39, 0.29) is 0 Å². The number of fused-ring (bicyclic) bond motifs is 1. The van der Waals surface area contributed by atoms with Crippen LogP contribution >= 0.6 is 0 Å². The first kappa shape index (κ1) is 11.9. The summed E-state index contributed by atoms with van der Waals surface area (Å²) in [7, 11) is 0. The van der Waals surface area contributed by atoms with Gasteiger partial charge in [0.25, 0.3) is 0 Å². The van der Waals surface area contributed by atoms with Crippen LogP contribution in [0.15, 0.2) is 24.3 Å². The molecule has 0 aliphatic heterocycles. The largest absolute Gasteiger partial charge is 0.358 e. The molecule has 17 heavy (non-hydrogen) atoms. The molecule has 90 valence electrons. The van der Waals surface area contributed by atoms with Gasteiger partial charge >= 0.3 is 0 Å². The highest BCUT2D eigenvalue weighted by atomic mass is 16.1. The van der Waals surface area contributed by atoms with Crippen molar-refractivity contribution in [3.63, 3.8) is 0 Å². The Morgan fingerprint density at radius 2 is 2.06 bits per heavy atom. The van der Waals surface area contributed by atoms with Gasteiger partial charge in [0, 0.05) is 22.2 Å². The molecule has 0 unspecified atom stereocenters. The molecule has 0 fully saturated rings. The van der Waals surface area contributed by atoms with E-state index in [1.165, 1.54) is 31.4 Å². The number of rotatable bonds is 6. The van der Waals surface area contributed by atoms with Crippen LogP contribution in [0.4, 0.5) is 0 Å².